The molecule has 1 aromatic heterocycles. The van der Waals surface area contributed by atoms with E-state index in [9.17, 15) is 4.79 Å². The topological polar surface area (TPSA) is 61.6 Å². The van der Waals surface area contributed by atoms with E-state index >= 15 is 0 Å². The lowest BCUT2D eigenvalue weighted by molar-refractivity contribution is -0.134. The van der Waals surface area contributed by atoms with Crippen molar-refractivity contribution in [1.29, 1.82) is 0 Å². The Morgan fingerprint density at radius 2 is 1.75 bits per heavy atom. The van der Waals surface area contributed by atoms with Crippen molar-refractivity contribution in [2.45, 2.75) is 12.8 Å². The molecule has 3 aromatic rings. The van der Waals surface area contributed by atoms with Crippen LogP contribution in [-0.2, 0) is 11.2 Å². The molecule has 1 heterocycles. The van der Waals surface area contributed by atoms with Gasteiger partial charge in [0.1, 0.15) is 0 Å². The highest BCUT2D eigenvalue weighted by Gasteiger charge is 2.12. The number of para-hydroxylation sites is 2. The number of benzene rings is 2. The van der Waals surface area contributed by atoms with E-state index < -0.39 is 0 Å². The molecule has 0 N–H and O–H groups in total. The number of nitrogens with zero attached hydrogens (tertiary/aromatic N) is 1. The maximum absolute atomic E-state index is 12.0. The van der Waals surface area contributed by atoms with Gasteiger partial charge in [-0.25, -0.2) is 4.98 Å². The highest BCUT2D eigenvalue weighted by Crippen LogP contribution is 2.26. The van der Waals surface area contributed by atoms with Crippen molar-refractivity contribution in [3.8, 4) is 22.8 Å². The Labute approximate surface area is 139 Å². The number of hydrogen-bond acceptors (Lipinski definition) is 5. The molecular formula is C19H17NO4. The van der Waals surface area contributed by atoms with Gasteiger partial charge in [-0.15, -0.1) is 0 Å². The Balaban J connectivity index is 1.58. The van der Waals surface area contributed by atoms with Crippen molar-refractivity contribution in [3.05, 3.63) is 66.7 Å². The van der Waals surface area contributed by atoms with E-state index in [2.05, 4.69) is 4.98 Å². The molecule has 0 amide bonds. The van der Waals surface area contributed by atoms with Crippen LogP contribution in [0, 0.1) is 0 Å². The zero-order chi connectivity index (χ0) is 16.8. The number of esters is 1. The van der Waals surface area contributed by atoms with Crippen molar-refractivity contribution < 1.29 is 18.7 Å². The predicted octanol–water partition coefficient (Wildman–Crippen LogP) is 3.89. The van der Waals surface area contributed by atoms with Crippen LogP contribution in [0.3, 0.4) is 0 Å². The van der Waals surface area contributed by atoms with Crippen molar-refractivity contribution in [2.75, 3.05) is 7.11 Å². The first kappa shape index (κ1) is 15.8. The number of aryl methyl sites for hydroxylation is 1. The highest BCUT2D eigenvalue weighted by molar-refractivity contribution is 5.73. The van der Waals surface area contributed by atoms with E-state index in [4.69, 9.17) is 13.9 Å². The molecule has 0 atom stereocenters. The Morgan fingerprint density at radius 3 is 2.50 bits per heavy atom. The molecule has 0 saturated carbocycles. The van der Waals surface area contributed by atoms with Crippen LogP contribution >= 0.6 is 0 Å². The number of ether oxygens (including phenoxy) is 2. The van der Waals surface area contributed by atoms with Gasteiger partial charge < -0.3 is 13.9 Å². The maximum Gasteiger partial charge on any atom is 0.311 e. The molecule has 5 heteroatoms. The lowest BCUT2D eigenvalue weighted by atomic mass is 10.2. The van der Waals surface area contributed by atoms with Crippen LogP contribution in [0.15, 0.2) is 65.2 Å². The normalized spacial score (nSPS) is 10.4. The minimum atomic E-state index is -0.362. The van der Waals surface area contributed by atoms with Crippen LogP contribution in [0.4, 0.5) is 0 Å². The van der Waals surface area contributed by atoms with Gasteiger partial charge in [0.2, 0.25) is 0 Å². The third-order valence-corrected chi connectivity index (χ3v) is 3.45. The number of carbonyl (C=O) groups is 1. The lowest BCUT2D eigenvalue weighted by Crippen LogP contribution is -2.09. The summed E-state index contributed by atoms with van der Waals surface area (Å²) in [7, 11) is 1.53. The number of carbonyl (C=O) groups excluding carboxylic acids is 1. The second kappa shape index (κ2) is 7.46. The zero-order valence-electron chi connectivity index (χ0n) is 13.3. The molecule has 24 heavy (non-hydrogen) atoms. The van der Waals surface area contributed by atoms with E-state index in [0.717, 1.165) is 5.56 Å². The molecule has 0 aliphatic carbocycles. The SMILES string of the molecule is COc1ccccc1OC(=O)CCc1ncc(-c2ccccc2)o1. The minimum absolute atomic E-state index is 0.173. The van der Waals surface area contributed by atoms with Crippen LogP contribution in [0.2, 0.25) is 0 Å². The molecule has 0 spiro atoms. The van der Waals surface area contributed by atoms with Crippen LogP contribution in [0.25, 0.3) is 11.3 Å². The summed E-state index contributed by atoms with van der Waals surface area (Å²) in [4.78, 5) is 16.2. The van der Waals surface area contributed by atoms with Crippen LogP contribution in [-0.4, -0.2) is 18.1 Å². The molecule has 2 aromatic carbocycles. The first-order valence-electron chi connectivity index (χ1n) is 7.60. The van der Waals surface area contributed by atoms with E-state index in [1.165, 1.54) is 7.11 Å². The fourth-order valence-corrected chi connectivity index (χ4v) is 2.25. The lowest BCUT2D eigenvalue weighted by Gasteiger charge is -2.07. The summed E-state index contributed by atoms with van der Waals surface area (Å²) >= 11 is 0. The molecular weight excluding hydrogens is 306 g/mol. The van der Waals surface area contributed by atoms with E-state index in [-0.39, 0.29) is 12.4 Å². The van der Waals surface area contributed by atoms with Crippen molar-refractivity contribution >= 4 is 5.97 Å². The van der Waals surface area contributed by atoms with Crippen molar-refractivity contribution in [3.63, 3.8) is 0 Å². The summed E-state index contributed by atoms with van der Waals surface area (Å²) in [6, 6.07) is 16.7. The maximum atomic E-state index is 12.0. The molecule has 0 radical (unpaired) electrons. The van der Waals surface area contributed by atoms with Crippen LogP contribution in [0.5, 0.6) is 11.5 Å². The second-order valence-corrected chi connectivity index (χ2v) is 5.11. The molecule has 0 aliphatic rings. The van der Waals surface area contributed by atoms with Gasteiger partial charge >= 0.3 is 5.97 Å². The van der Waals surface area contributed by atoms with Crippen molar-refractivity contribution in [2.24, 2.45) is 0 Å². The Bertz CT molecular complexity index is 811. The van der Waals surface area contributed by atoms with Gasteiger partial charge in [-0.2, -0.15) is 0 Å². The van der Waals surface area contributed by atoms with Crippen LogP contribution < -0.4 is 9.47 Å². The Morgan fingerprint density at radius 1 is 1.04 bits per heavy atom. The summed E-state index contributed by atoms with van der Waals surface area (Å²) in [5.74, 6) is 1.75. The molecule has 0 aliphatic heterocycles. The standard InChI is InChI=1S/C19H17NO4/c1-22-15-9-5-6-10-16(15)24-19(21)12-11-18-20-13-17(23-18)14-7-3-2-4-8-14/h2-10,13H,11-12H2,1H3. The van der Waals surface area contributed by atoms with Crippen molar-refractivity contribution in [1.82, 2.24) is 4.98 Å². The molecule has 5 nitrogen and oxygen atoms in total. The monoisotopic (exact) mass is 323 g/mol. The highest BCUT2D eigenvalue weighted by atomic mass is 16.6. The molecule has 0 bridgehead atoms. The summed E-state index contributed by atoms with van der Waals surface area (Å²) in [5.41, 5.74) is 0.952. The number of oxazole rings is 1. The van der Waals surface area contributed by atoms with E-state index in [1.807, 2.05) is 36.4 Å². The summed E-state index contributed by atoms with van der Waals surface area (Å²) < 4.78 is 16.1. The fraction of sp³-hybridized carbons (Fsp3) is 0.158. The average molecular weight is 323 g/mol. The third kappa shape index (κ3) is 3.81. The zero-order valence-corrected chi connectivity index (χ0v) is 13.3. The summed E-state index contributed by atoms with van der Waals surface area (Å²) in [6.45, 7) is 0. The number of hydrogen-bond donors (Lipinski definition) is 0. The first-order chi connectivity index (χ1) is 11.8. The van der Waals surface area contributed by atoms with Gasteiger partial charge in [-0.3, -0.25) is 4.79 Å². The number of rotatable bonds is 6. The Hall–Kier alpha value is -3.08. The third-order valence-electron chi connectivity index (χ3n) is 3.45. The molecule has 0 fully saturated rings. The molecule has 0 unspecified atom stereocenters. The quantitative estimate of drug-likeness (QED) is 0.509. The Kier molecular flexibility index (Phi) is 4.91. The predicted molar refractivity (Wildman–Crippen MR) is 88.9 cm³/mol. The van der Waals surface area contributed by atoms with Gasteiger partial charge in [0, 0.05) is 12.0 Å². The smallest absolute Gasteiger partial charge is 0.311 e. The number of aromatic nitrogens is 1. The molecule has 0 saturated heterocycles. The largest absolute Gasteiger partial charge is 0.493 e. The van der Waals surface area contributed by atoms with Gasteiger partial charge in [-0.1, -0.05) is 42.5 Å². The fourth-order valence-electron chi connectivity index (χ4n) is 2.25. The molecule has 122 valence electrons. The van der Waals surface area contributed by atoms with Gasteiger partial charge in [-0.05, 0) is 12.1 Å². The minimum Gasteiger partial charge on any atom is -0.493 e. The average Bonchev–Trinajstić information content (AvgIpc) is 3.10. The van der Waals surface area contributed by atoms with Gasteiger partial charge in [0.05, 0.1) is 19.7 Å². The summed E-state index contributed by atoms with van der Waals surface area (Å²) in [5, 5.41) is 0. The van der Waals surface area contributed by atoms with E-state index in [0.29, 0.717) is 29.6 Å². The molecule has 3 rings (SSSR count). The number of methoxy groups -OCH3 is 1. The van der Waals surface area contributed by atoms with Gasteiger partial charge in [0.15, 0.2) is 23.1 Å². The van der Waals surface area contributed by atoms with E-state index in [1.54, 1.807) is 24.4 Å². The first-order valence-corrected chi connectivity index (χ1v) is 7.60. The second-order valence-electron chi connectivity index (χ2n) is 5.11. The van der Waals surface area contributed by atoms with Crippen LogP contribution in [0.1, 0.15) is 12.3 Å². The summed E-state index contributed by atoms with van der Waals surface area (Å²) in [6.07, 6.45) is 2.21. The van der Waals surface area contributed by atoms with Gasteiger partial charge in [0.25, 0.3) is 0 Å².